The summed E-state index contributed by atoms with van der Waals surface area (Å²) in [5, 5.41) is -0.763. The fraction of sp³-hybridized carbons (Fsp3) is 0.562. The molecule has 2 aliphatic rings. The zero-order valence-corrected chi connectivity index (χ0v) is 12.8. The van der Waals surface area contributed by atoms with Crippen LogP contribution in [-0.2, 0) is 9.84 Å². The summed E-state index contributed by atoms with van der Waals surface area (Å²) in [4.78, 5) is 12.7. The Bertz CT molecular complexity index is 661. The van der Waals surface area contributed by atoms with E-state index in [4.69, 9.17) is 0 Å². The van der Waals surface area contributed by atoms with Crippen molar-refractivity contribution < 1.29 is 17.6 Å². The summed E-state index contributed by atoms with van der Waals surface area (Å²) in [5.74, 6) is -0.810. The summed E-state index contributed by atoms with van der Waals surface area (Å²) in [5.41, 5.74) is 1.15. The van der Waals surface area contributed by atoms with Gasteiger partial charge in [0.05, 0.1) is 10.5 Å². The predicted octanol–water partition coefficient (Wildman–Crippen LogP) is 3.06. The first-order valence-corrected chi connectivity index (χ1v) is 9.03. The van der Waals surface area contributed by atoms with E-state index in [2.05, 4.69) is 0 Å². The lowest BCUT2D eigenvalue weighted by atomic mass is 9.83. The summed E-state index contributed by atoms with van der Waals surface area (Å²) in [6.07, 6.45) is 3.03. The number of carbonyl (C=O) groups excluding carboxylic acids is 1. The van der Waals surface area contributed by atoms with Crippen molar-refractivity contribution in [2.24, 2.45) is 5.92 Å². The predicted molar refractivity (Wildman–Crippen MR) is 78.5 cm³/mol. The molecule has 2 atom stereocenters. The van der Waals surface area contributed by atoms with Crippen molar-refractivity contribution in [1.29, 1.82) is 0 Å². The molecule has 3 nitrogen and oxygen atoms in total. The average Bonchev–Trinajstić information content (AvgIpc) is 2.39. The zero-order chi connectivity index (χ0) is 15.2. The van der Waals surface area contributed by atoms with E-state index in [1.807, 2.05) is 0 Å². The van der Waals surface area contributed by atoms with Crippen molar-refractivity contribution in [1.82, 2.24) is 0 Å². The van der Waals surface area contributed by atoms with Gasteiger partial charge in [-0.1, -0.05) is 12.5 Å². The third-order valence-corrected chi connectivity index (χ3v) is 7.63. The molecule has 21 heavy (non-hydrogen) atoms. The fourth-order valence-corrected chi connectivity index (χ4v) is 6.24. The normalized spacial score (nSPS) is 30.9. The third-order valence-electron chi connectivity index (χ3n) is 4.91. The highest BCUT2D eigenvalue weighted by molar-refractivity contribution is 7.92. The first kappa shape index (κ1) is 14.7. The molecule has 0 aliphatic carbocycles. The van der Waals surface area contributed by atoms with Crippen LogP contribution in [0, 0.1) is 18.7 Å². The average molecular weight is 310 g/mol. The van der Waals surface area contributed by atoms with Gasteiger partial charge in [0.1, 0.15) is 5.82 Å². The monoisotopic (exact) mass is 310 g/mol. The lowest BCUT2D eigenvalue weighted by Crippen LogP contribution is -2.45. The Morgan fingerprint density at radius 2 is 1.81 bits per heavy atom. The van der Waals surface area contributed by atoms with Crippen LogP contribution in [0.3, 0.4) is 0 Å². The standard InChI is InChI=1S/C16H19FO3S/c1-10-5-6-12(17)9-15(10)16(18)11-7-13-3-2-4-14(8-11)21(13,19)20/h5-6,9,11,13-14H,2-4,7-8H2,1H3. The summed E-state index contributed by atoms with van der Waals surface area (Å²) >= 11 is 0. The molecule has 2 saturated heterocycles. The second kappa shape index (κ2) is 5.20. The van der Waals surface area contributed by atoms with Crippen LogP contribution in [0.2, 0.25) is 0 Å². The molecule has 2 unspecified atom stereocenters. The maximum Gasteiger partial charge on any atom is 0.166 e. The first-order valence-electron chi connectivity index (χ1n) is 7.42. The molecule has 0 N–H and O–H groups in total. The maximum atomic E-state index is 13.4. The van der Waals surface area contributed by atoms with E-state index in [-0.39, 0.29) is 22.2 Å². The summed E-state index contributed by atoms with van der Waals surface area (Å²) in [6.45, 7) is 1.78. The molecular weight excluding hydrogens is 291 g/mol. The van der Waals surface area contributed by atoms with Gasteiger partial charge in [-0.2, -0.15) is 0 Å². The molecule has 2 aliphatic heterocycles. The second-order valence-corrected chi connectivity index (χ2v) is 8.77. The van der Waals surface area contributed by atoms with Crippen molar-refractivity contribution in [3.8, 4) is 0 Å². The number of halogens is 1. The van der Waals surface area contributed by atoms with Crippen molar-refractivity contribution in [2.75, 3.05) is 0 Å². The van der Waals surface area contributed by atoms with E-state index in [0.717, 1.165) is 12.0 Å². The SMILES string of the molecule is Cc1ccc(F)cc1C(=O)C1CC2CCCC(C1)S2(=O)=O. The molecule has 2 fully saturated rings. The van der Waals surface area contributed by atoms with Crippen LogP contribution in [0.25, 0.3) is 0 Å². The number of benzene rings is 1. The van der Waals surface area contributed by atoms with Gasteiger partial charge in [0, 0.05) is 11.5 Å². The fourth-order valence-electron chi connectivity index (χ4n) is 3.70. The van der Waals surface area contributed by atoms with E-state index in [1.165, 1.54) is 12.1 Å². The molecule has 3 rings (SSSR count). The van der Waals surface area contributed by atoms with Crippen molar-refractivity contribution in [3.63, 3.8) is 0 Å². The maximum absolute atomic E-state index is 13.4. The van der Waals surface area contributed by atoms with Crippen LogP contribution in [0.4, 0.5) is 4.39 Å². The quantitative estimate of drug-likeness (QED) is 0.789. The van der Waals surface area contributed by atoms with Gasteiger partial charge in [0.15, 0.2) is 15.6 Å². The lowest BCUT2D eigenvalue weighted by Gasteiger charge is -2.38. The van der Waals surface area contributed by atoms with Crippen LogP contribution >= 0.6 is 0 Å². The number of rotatable bonds is 2. The Morgan fingerprint density at radius 1 is 1.19 bits per heavy atom. The van der Waals surface area contributed by atoms with Gasteiger partial charge in [-0.15, -0.1) is 0 Å². The largest absolute Gasteiger partial charge is 0.294 e. The number of aryl methyl sites for hydroxylation is 1. The van der Waals surface area contributed by atoms with Gasteiger partial charge in [-0.3, -0.25) is 4.79 Å². The molecule has 0 amide bonds. The number of hydrogen-bond acceptors (Lipinski definition) is 3. The van der Waals surface area contributed by atoms with E-state index < -0.39 is 15.7 Å². The summed E-state index contributed by atoms with van der Waals surface area (Å²) in [7, 11) is -3.06. The van der Waals surface area contributed by atoms with Crippen LogP contribution in [0.15, 0.2) is 18.2 Å². The number of fused-ring (bicyclic) bond motifs is 2. The van der Waals surface area contributed by atoms with Crippen molar-refractivity contribution >= 4 is 15.6 Å². The molecule has 0 aromatic heterocycles. The Balaban J connectivity index is 1.89. The molecular formula is C16H19FO3S. The van der Waals surface area contributed by atoms with E-state index in [0.29, 0.717) is 31.2 Å². The Labute approximate surface area is 124 Å². The number of sulfone groups is 1. The summed E-state index contributed by atoms with van der Waals surface area (Å²) in [6, 6.07) is 4.21. The lowest BCUT2D eigenvalue weighted by molar-refractivity contribution is 0.0893. The molecule has 2 bridgehead atoms. The molecule has 1 aromatic carbocycles. The number of carbonyl (C=O) groups is 1. The van der Waals surface area contributed by atoms with Gasteiger partial charge in [-0.05, 0) is 50.3 Å². The second-order valence-electron chi connectivity index (χ2n) is 6.26. The minimum absolute atomic E-state index is 0.0983. The Kier molecular flexibility index (Phi) is 3.64. The van der Waals surface area contributed by atoms with Crippen molar-refractivity contribution in [2.45, 2.75) is 49.5 Å². The van der Waals surface area contributed by atoms with E-state index in [9.17, 15) is 17.6 Å². The Morgan fingerprint density at radius 3 is 2.43 bits per heavy atom. The first-order chi connectivity index (χ1) is 9.89. The van der Waals surface area contributed by atoms with Crippen molar-refractivity contribution in [3.05, 3.63) is 35.1 Å². The van der Waals surface area contributed by atoms with Gasteiger partial charge in [0.2, 0.25) is 0 Å². The van der Waals surface area contributed by atoms with Crippen LogP contribution in [0.5, 0.6) is 0 Å². The highest BCUT2D eigenvalue weighted by Gasteiger charge is 2.46. The Hall–Kier alpha value is -1.23. The highest BCUT2D eigenvalue weighted by atomic mass is 32.2. The van der Waals surface area contributed by atoms with Gasteiger partial charge < -0.3 is 0 Å². The number of hydrogen-bond donors (Lipinski definition) is 0. The number of Topliss-reactive ketones (excluding diaryl/α,β-unsaturated/α-hetero) is 1. The highest BCUT2D eigenvalue weighted by Crippen LogP contribution is 2.40. The molecule has 0 saturated carbocycles. The van der Waals surface area contributed by atoms with Crippen LogP contribution in [0.1, 0.15) is 48.0 Å². The van der Waals surface area contributed by atoms with Gasteiger partial charge in [0.25, 0.3) is 0 Å². The van der Waals surface area contributed by atoms with E-state index in [1.54, 1.807) is 13.0 Å². The molecule has 114 valence electrons. The van der Waals surface area contributed by atoms with Gasteiger partial charge >= 0.3 is 0 Å². The van der Waals surface area contributed by atoms with E-state index >= 15 is 0 Å². The van der Waals surface area contributed by atoms with Crippen LogP contribution in [-0.4, -0.2) is 24.7 Å². The minimum Gasteiger partial charge on any atom is -0.294 e. The molecule has 2 heterocycles. The summed E-state index contributed by atoms with van der Waals surface area (Å²) < 4.78 is 37.9. The topological polar surface area (TPSA) is 51.2 Å². The zero-order valence-electron chi connectivity index (χ0n) is 12.0. The third kappa shape index (κ3) is 2.52. The molecule has 1 aromatic rings. The molecule has 0 radical (unpaired) electrons. The smallest absolute Gasteiger partial charge is 0.166 e. The van der Waals surface area contributed by atoms with Crippen LogP contribution < -0.4 is 0 Å². The van der Waals surface area contributed by atoms with Gasteiger partial charge in [-0.25, -0.2) is 12.8 Å². The molecule has 0 spiro atoms. The minimum atomic E-state index is -3.06. The molecule has 5 heteroatoms. The number of ketones is 1.